The highest BCUT2D eigenvalue weighted by Crippen LogP contribution is 2.27. The molecule has 1 aliphatic heterocycles. The van der Waals surface area contributed by atoms with E-state index in [9.17, 15) is 4.79 Å². The zero-order valence-corrected chi connectivity index (χ0v) is 13.4. The van der Waals surface area contributed by atoms with Gasteiger partial charge in [0.1, 0.15) is 12.2 Å². The van der Waals surface area contributed by atoms with Gasteiger partial charge in [0.05, 0.1) is 5.92 Å². The van der Waals surface area contributed by atoms with Crippen molar-refractivity contribution in [1.82, 2.24) is 20.1 Å². The van der Waals surface area contributed by atoms with E-state index < -0.39 is 0 Å². The average molecular weight is 293 g/mol. The van der Waals surface area contributed by atoms with Crippen LogP contribution in [0.25, 0.3) is 0 Å². The van der Waals surface area contributed by atoms with Crippen molar-refractivity contribution in [3.63, 3.8) is 0 Å². The summed E-state index contributed by atoms with van der Waals surface area (Å²) in [6, 6.07) is 0.429. The minimum atomic E-state index is -0.221. The fraction of sp³-hybridized carbons (Fsp3) is 0.800. The molecule has 6 nitrogen and oxygen atoms in total. The third-order valence-electron chi connectivity index (χ3n) is 4.24. The van der Waals surface area contributed by atoms with Crippen molar-refractivity contribution in [3.8, 4) is 0 Å². The number of amides is 1. The number of hydrogen-bond donors (Lipinski definition) is 2. The van der Waals surface area contributed by atoms with Crippen molar-refractivity contribution in [2.75, 3.05) is 0 Å². The second kappa shape index (κ2) is 6.56. The molecule has 1 aromatic heterocycles. The highest BCUT2D eigenvalue weighted by atomic mass is 16.1. The number of nitrogens with zero attached hydrogens (tertiary/aromatic N) is 3. The number of nitrogens with one attached hydrogen (secondary N) is 1. The number of rotatable bonds is 5. The molecule has 1 aromatic rings. The fourth-order valence-electron chi connectivity index (χ4n) is 3.44. The molecule has 4 atom stereocenters. The largest absolute Gasteiger partial charge is 0.369 e. The molecule has 2 rings (SSSR count). The summed E-state index contributed by atoms with van der Waals surface area (Å²) in [7, 11) is 0. The molecule has 0 saturated carbocycles. The molecule has 2 heterocycles. The van der Waals surface area contributed by atoms with Gasteiger partial charge < -0.3 is 11.1 Å². The Morgan fingerprint density at radius 3 is 2.86 bits per heavy atom. The van der Waals surface area contributed by atoms with Crippen LogP contribution in [-0.4, -0.2) is 32.8 Å². The SMILES string of the molecule is CC(C)Cn1ncnc1CC1NC(C)CC(C)C1C(N)=O. The van der Waals surface area contributed by atoms with Gasteiger partial charge in [-0.25, -0.2) is 9.67 Å². The van der Waals surface area contributed by atoms with Crippen molar-refractivity contribution >= 4 is 5.91 Å². The molecule has 1 fully saturated rings. The van der Waals surface area contributed by atoms with Gasteiger partial charge in [-0.2, -0.15) is 5.10 Å². The van der Waals surface area contributed by atoms with Gasteiger partial charge in [0.15, 0.2) is 0 Å². The first-order valence-corrected chi connectivity index (χ1v) is 7.80. The van der Waals surface area contributed by atoms with Crippen LogP contribution in [-0.2, 0) is 17.8 Å². The van der Waals surface area contributed by atoms with Crippen molar-refractivity contribution in [3.05, 3.63) is 12.2 Å². The Bertz CT molecular complexity index is 484. The number of aromatic nitrogens is 3. The molecule has 21 heavy (non-hydrogen) atoms. The first-order valence-electron chi connectivity index (χ1n) is 7.80. The monoisotopic (exact) mass is 293 g/mol. The Morgan fingerprint density at radius 1 is 1.52 bits per heavy atom. The van der Waals surface area contributed by atoms with Gasteiger partial charge in [-0.15, -0.1) is 0 Å². The molecule has 0 bridgehead atoms. The molecule has 118 valence electrons. The standard InChI is InChI=1S/C15H27N5O/c1-9(2)7-20-13(17-8-18-20)6-12-14(15(16)21)10(3)5-11(4)19-12/h8-12,14,19H,5-7H2,1-4H3,(H2,16,21). The van der Waals surface area contributed by atoms with Crippen LogP contribution in [0.4, 0.5) is 0 Å². The van der Waals surface area contributed by atoms with E-state index in [2.05, 4.69) is 43.1 Å². The second-order valence-corrected chi connectivity index (χ2v) is 6.77. The summed E-state index contributed by atoms with van der Waals surface area (Å²) in [4.78, 5) is 16.2. The van der Waals surface area contributed by atoms with Gasteiger partial charge in [-0.05, 0) is 25.2 Å². The number of nitrogens with two attached hydrogens (primary N) is 1. The maximum Gasteiger partial charge on any atom is 0.222 e. The van der Waals surface area contributed by atoms with Crippen molar-refractivity contribution in [2.45, 2.75) is 59.2 Å². The minimum absolute atomic E-state index is 0.0383. The second-order valence-electron chi connectivity index (χ2n) is 6.77. The smallest absolute Gasteiger partial charge is 0.222 e. The summed E-state index contributed by atoms with van der Waals surface area (Å²) in [6.45, 7) is 9.41. The van der Waals surface area contributed by atoms with Crippen LogP contribution in [0, 0.1) is 17.8 Å². The van der Waals surface area contributed by atoms with Crippen molar-refractivity contribution in [2.24, 2.45) is 23.5 Å². The van der Waals surface area contributed by atoms with E-state index in [1.54, 1.807) is 6.33 Å². The van der Waals surface area contributed by atoms with Gasteiger partial charge in [-0.3, -0.25) is 4.79 Å². The van der Waals surface area contributed by atoms with Crippen LogP contribution in [0.5, 0.6) is 0 Å². The van der Waals surface area contributed by atoms with Crippen molar-refractivity contribution < 1.29 is 4.79 Å². The molecule has 4 unspecified atom stereocenters. The number of primary amides is 1. The number of carbonyl (C=O) groups excluding carboxylic acids is 1. The normalized spacial score (nSPS) is 29.8. The lowest BCUT2D eigenvalue weighted by Crippen LogP contribution is -2.55. The molecular weight excluding hydrogens is 266 g/mol. The molecule has 1 aliphatic rings. The molecule has 0 radical (unpaired) electrons. The van der Waals surface area contributed by atoms with Gasteiger partial charge in [0, 0.05) is 25.0 Å². The topological polar surface area (TPSA) is 85.8 Å². The zero-order valence-electron chi connectivity index (χ0n) is 13.4. The third-order valence-corrected chi connectivity index (χ3v) is 4.24. The van der Waals surface area contributed by atoms with Crippen LogP contribution < -0.4 is 11.1 Å². The van der Waals surface area contributed by atoms with Crippen LogP contribution in [0.2, 0.25) is 0 Å². The average Bonchev–Trinajstić information content (AvgIpc) is 2.74. The maximum atomic E-state index is 11.8. The van der Waals surface area contributed by atoms with E-state index >= 15 is 0 Å². The Labute approximate surface area is 126 Å². The summed E-state index contributed by atoms with van der Waals surface area (Å²) < 4.78 is 1.94. The molecule has 0 aliphatic carbocycles. The Morgan fingerprint density at radius 2 is 2.24 bits per heavy atom. The summed E-state index contributed by atoms with van der Waals surface area (Å²) >= 11 is 0. The maximum absolute atomic E-state index is 11.8. The van der Waals surface area contributed by atoms with Gasteiger partial charge in [-0.1, -0.05) is 20.8 Å². The van der Waals surface area contributed by atoms with Crippen LogP contribution in [0.3, 0.4) is 0 Å². The van der Waals surface area contributed by atoms with E-state index in [-0.39, 0.29) is 17.9 Å². The number of hydrogen-bond acceptors (Lipinski definition) is 4. The molecule has 0 spiro atoms. The van der Waals surface area contributed by atoms with Crippen LogP contribution >= 0.6 is 0 Å². The molecule has 1 saturated heterocycles. The van der Waals surface area contributed by atoms with E-state index in [1.165, 1.54) is 0 Å². The highest BCUT2D eigenvalue weighted by Gasteiger charge is 2.37. The lowest BCUT2D eigenvalue weighted by atomic mass is 9.77. The minimum Gasteiger partial charge on any atom is -0.369 e. The van der Waals surface area contributed by atoms with Gasteiger partial charge >= 0.3 is 0 Å². The van der Waals surface area contributed by atoms with Gasteiger partial charge in [0.2, 0.25) is 5.91 Å². The highest BCUT2D eigenvalue weighted by molar-refractivity contribution is 5.78. The Balaban J connectivity index is 2.15. The molecule has 3 N–H and O–H groups in total. The first-order chi connectivity index (χ1) is 9.88. The molecule has 6 heteroatoms. The molecule has 0 aromatic carbocycles. The Hall–Kier alpha value is -1.43. The lowest BCUT2D eigenvalue weighted by molar-refractivity contribution is -0.125. The number of piperidine rings is 1. The Kier molecular flexibility index (Phi) is 4.98. The summed E-state index contributed by atoms with van der Waals surface area (Å²) in [5.41, 5.74) is 5.62. The number of carbonyl (C=O) groups is 1. The lowest BCUT2D eigenvalue weighted by Gasteiger charge is -2.39. The van der Waals surface area contributed by atoms with Gasteiger partial charge in [0.25, 0.3) is 0 Å². The van der Waals surface area contributed by atoms with E-state index in [0.29, 0.717) is 24.3 Å². The summed E-state index contributed by atoms with van der Waals surface area (Å²) in [5.74, 6) is 1.36. The quantitative estimate of drug-likeness (QED) is 0.847. The first kappa shape index (κ1) is 15.9. The van der Waals surface area contributed by atoms with Crippen LogP contribution in [0.15, 0.2) is 6.33 Å². The predicted molar refractivity (Wildman–Crippen MR) is 81.4 cm³/mol. The predicted octanol–water partition coefficient (Wildman–Crippen LogP) is 0.965. The summed E-state index contributed by atoms with van der Waals surface area (Å²) in [5, 5.41) is 7.81. The molecular formula is C15H27N5O. The summed E-state index contributed by atoms with van der Waals surface area (Å²) in [6.07, 6.45) is 3.25. The van der Waals surface area contributed by atoms with Crippen LogP contribution in [0.1, 0.15) is 39.9 Å². The van der Waals surface area contributed by atoms with E-state index in [4.69, 9.17) is 5.73 Å². The fourth-order valence-corrected chi connectivity index (χ4v) is 3.44. The van der Waals surface area contributed by atoms with Crippen molar-refractivity contribution in [1.29, 1.82) is 0 Å². The van der Waals surface area contributed by atoms with E-state index in [1.807, 2.05) is 4.68 Å². The third kappa shape index (κ3) is 3.81. The molecule has 1 amide bonds. The zero-order chi connectivity index (χ0) is 15.6. The van der Waals surface area contributed by atoms with E-state index in [0.717, 1.165) is 18.8 Å².